The van der Waals surface area contributed by atoms with Crippen molar-refractivity contribution in [2.75, 3.05) is 36.8 Å². The molecule has 1 fully saturated rings. The SMILES string of the molecule is Nc1cccc(N2CCN(Cc3cncs3)CC2)c1. The van der Waals surface area contributed by atoms with Crippen molar-refractivity contribution >= 4 is 22.7 Å². The summed E-state index contributed by atoms with van der Waals surface area (Å²) in [4.78, 5) is 10.4. The second kappa shape index (κ2) is 5.59. The summed E-state index contributed by atoms with van der Waals surface area (Å²) in [5.74, 6) is 0. The maximum Gasteiger partial charge on any atom is 0.0794 e. The lowest BCUT2D eigenvalue weighted by atomic mass is 10.2. The summed E-state index contributed by atoms with van der Waals surface area (Å²) in [6.45, 7) is 5.32. The van der Waals surface area contributed by atoms with Crippen LogP contribution in [0.1, 0.15) is 4.88 Å². The lowest BCUT2D eigenvalue weighted by Crippen LogP contribution is -2.45. The van der Waals surface area contributed by atoms with Gasteiger partial charge in [0.15, 0.2) is 0 Å². The molecule has 1 aliphatic rings. The first kappa shape index (κ1) is 12.4. The predicted molar refractivity (Wildman–Crippen MR) is 80.5 cm³/mol. The Hall–Kier alpha value is -1.59. The van der Waals surface area contributed by atoms with E-state index in [0.717, 1.165) is 38.4 Å². The Morgan fingerprint density at radius 3 is 2.74 bits per heavy atom. The van der Waals surface area contributed by atoms with Gasteiger partial charge in [-0.2, -0.15) is 0 Å². The first-order chi connectivity index (χ1) is 9.31. The highest BCUT2D eigenvalue weighted by Gasteiger charge is 2.17. The van der Waals surface area contributed by atoms with E-state index in [-0.39, 0.29) is 0 Å². The van der Waals surface area contributed by atoms with Gasteiger partial charge in [-0.1, -0.05) is 6.07 Å². The van der Waals surface area contributed by atoms with Gasteiger partial charge in [-0.15, -0.1) is 11.3 Å². The van der Waals surface area contributed by atoms with Gasteiger partial charge < -0.3 is 10.6 Å². The molecule has 0 aliphatic carbocycles. The third-order valence-electron chi connectivity index (χ3n) is 3.47. The average Bonchev–Trinajstić information content (AvgIpc) is 2.92. The van der Waals surface area contributed by atoms with E-state index in [1.54, 1.807) is 11.3 Å². The van der Waals surface area contributed by atoms with Crippen molar-refractivity contribution in [3.63, 3.8) is 0 Å². The van der Waals surface area contributed by atoms with E-state index in [9.17, 15) is 0 Å². The summed E-state index contributed by atoms with van der Waals surface area (Å²) >= 11 is 1.73. The van der Waals surface area contributed by atoms with E-state index >= 15 is 0 Å². The fraction of sp³-hybridized carbons (Fsp3) is 0.357. The lowest BCUT2D eigenvalue weighted by molar-refractivity contribution is 0.252. The molecule has 3 rings (SSSR count). The van der Waals surface area contributed by atoms with Gasteiger partial charge in [0.25, 0.3) is 0 Å². The van der Waals surface area contributed by atoms with Crippen molar-refractivity contribution in [3.8, 4) is 0 Å². The minimum absolute atomic E-state index is 0.838. The van der Waals surface area contributed by atoms with Crippen LogP contribution in [0.3, 0.4) is 0 Å². The Kier molecular flexibility index (Phi) is 3.66. The Balaban J connectivity index is 1.57. The largest absolute Gasteiger partial charge is 0.399 e. The maximum atomic E-state index is 5.84. The van der Waals surface area contributed by atoms with Crippen LogP contribution < -0.4 is 10.6 Å². The van der Waals surface area contributed by atoms with Crippen LogP contribution in [0.5, 0.6) is 0 Å². The molecule has 0 bridgehead atoms. The normalized spacial score (nSPS) is 16.7. The van der Waals surface area contributed by atoms with E-state index in [1.165, 1.54) is 10.6 Å². The summed E-state index contributed by atoms with van der Waals surface area (Å²) in [7, 11) is 0. The van der Waals surface area contributed by atoms with Crippen LogP contribution >= 0.6 is 11.3 Å². The number of piperazine rings is 1. The number of nitrogen functional groups attached to an aromatic ring is 1. The van der Waals surface area contributed by atoms with Crippen LogP contribution in [-0.2, 0) is 6.54 Å². The predicted octanol–water partition coefficient (Wildman–Crippen LogP) is 2.05. The molecule has 1 aromatic heterocycles. The first-order valence-electron chi connectivity index (χ1n) is 6.51. The molecule has 1 aliphatic heterocycles. The minimum Gasteiger partial charge on any atom is -0.399 e. The van der Waals surface area contributed by atoms with E-state index < -0.39 is 0 Å². The van der Waals surface area contributed by atoms with Gasteiger partial charge in [-0.05, 0) is 18.2 Å². The third-order valence-corrected chi connectivity index (χ3v) is 4.23. The van der Waals surface area contributed by atoms with Gasteiger partial charge in [0, 0.05) is 55.2 Å². The van der Waals surface area contributed by atoms with E-state index in [1.807, 2.05) is 23.8 Å². The average molecular weight is 274 g/mol. The molecular weight excluding hydrogens is 256 g/mol. The quantitative estimate of drug-likeness (QED) is 0.870. The Labute approximate surface area is 117 Å². The standard InChI is InChI=1S/C14H18N4S/c15-12-2-1-3-13(8-12)18-6-4-17(5-7-18)10-14-9-16-11-19-14/h1-3,8-9,11H,4-7,10,15H2. The van der Waals surface area contributed by atoms with Crippen molar-refractivity contribution in [2.24, 2.45) is 0 Å². The van der Waals surface area contributed by atoms with Crippen LogP contribution in [0.4, 0.5) is 11.4 Å². The molecule has 0 amide bonds. The number of benzene rings is 1. The van der Waals surface area contributed by atoms with E-state index in [0.29, 0.717) is 0 Å². The van der Waals surface area contributed by atoms with Gasteiger partial charge in [-0.25, -0.2) is 0 Å². The van der Waals surface area contributed by atoms with Gasteiger partial charge in [0.1, 0.15) is 0 Å². The highest BCUT2D eigenvalue weighted by Crippen LogP contribution is 2.20. The molecule has 2 N–H and O–H groups in total. The zero-order valence-electron chi connectivity index (χ0n) is 10.8. The molecule has 4 nitrogen and oxygen atoms in total. The summed E-state index contributed by atoms with van der Waals surface area (Å²) in [6.07, 6.45) is 1.97. The molecule has 2 aromatic rings. The molecule has 5 heteroatoms. The molecule has 2 heterocycles. The molecule has 0 saturated carbocycles. The van der Waals surface area contributed by atoms with Gasteiger partial charge >= 0.3 is 0 Å². The molecule has 1 saturated heterocycles. The van der Waals surface area contributed by atoms with Crippen LogP contribution in [0.25, 0.3) is 0 Å². The second-order valence-electron chi connectivity index (χ2n) is 4.83. The Bertz CT molecular complexity index is 518. The van der Waals surface area contributed by atoms with Crippen molar-refractivity contribution < 1.29 is 0 Å². The molecule has 0 atom stereocenters. The highest BCUT2D eigenvalue weighted by atomic mass is 32.1. The number of nitrogens with zero attached hydrogens (tertiary/aromatic N) is 3. The van der Waals surface area contributed by atoms with Crippen molar-refractivity contribution in [1.29, 1.82) is 0 Å². The fourth-order valence-corrected chi connectivity index (χ4v) is 3.06. The van der Waals surface area contributed by atoms with Crippen LogP contribution in [-0.4, -0.2) is 36.1 Å². The number of hydrogen-bond acceptors (Lipinski definition) is 5. The molecule has 0 unspecified atom stereocenters. The number of thiazole rings is 1. The second-order valence-corrected chi connectivity index (χ2v) is 5.80. The van der Waals surface area contributed by atoms with Crippen LogP contribution in [0.15, 0.2) is 36.0 Å². The van der Waals surface area contributed by atoms with Crippen molar-refractivity contribution in [2.45, 2.75) is 6.54 Å². The zero-order chi connectivity index (χ0) is 13.1. The number of hydrogen-bond donors (Lipinski definition) is 1. The molecular formula is C14H18N4S. The Morgan fingerprint density at radius 2 is 2.05 bits per heavy atom. The summed E-state index contributed by atoms with van der Waals surface area (Å²) in [6, 6.07) is 8.14. The van der Waals surface area contributed by atoms with Crippen LogP contribution in [0.2, 0.25) is 0 Å². The molecule has 19 heavy (non-hydrogen) atoms. The van der Waals surface area contributed by atoms with Gasteiger partial charge in [0.05, 0.1) is 5.51 Å². The van der Waals surface area contributed by atoms with Crippen LogP contribution in [0, 0.1) is 0 Å². The maximum absolute atomic E-state index is 5.84. The summed E-state index contributed by atoms with van der Waals surface area (Å²) in [5, 5.41) is 0. The molecule has 0 radical (unpaired) electrons. The lowest BCUT2D eigenvalue weighted by Gasteiger charge is -2.35. The molecule has 100 valence electrons. The molecule has 0 spiro atoms. The van der Waals surface area contributed by atoms with E-state index in [2.05, 4.69) is 26.9 Å². The number of rotatable bonds is 3. The fourth-order valence-electron chi connectivity index (χ4n) is 2.43. The minimum atomic E-state index is 0.838. The first-order valence-corrected chi connectivity index (χ1v) is 7.39. The van der Waals surface area contributed by atoms with Gasteiger partial charge in [-0.3, -0.25) is 9.88 Å². The zero-order valence-corrected chi connectivity index (χ0v) is 11.6. The highest BCUT2D eigenvalue weighted by molar-refractivity contribution is 7.09. The topological polar surface area (TPSA) is 45.4 Å². The Morgan fingerprint density at radius 1 is 1.21 bits per heavy atom. The number of nitrogens with two attached hydrogens (primary N) is 1. The number of aromatic nitrogens is 1. The summed E-state index contributed by atoms with van der Waals surface area (Å²) in [5.41, 5.74) is 9.81. The smallest absolute Gasteiger partial charge is 0.0794 e. The van der Waals surface area contributed by atoms with Crippen molar-refractivity contribution in [1.82, 2.24) is 9.88 Å². The third kappa shape index (κ3) is 3.05. The monoisotopic (exact) mass is 274 g/mol. The molecule has 1 aromatic carbocycles. The van der Waals surface area contributed by atoms with Gasteiger partial charge in [0.2, 0.25) is 0 Å². The van der Waals surface area contributed by atoms with Crippen molar-refractivity contribution in [3.05, 3.63) is 40.8 Å². The number of anilines is 2. The van der Waals surface area contributed by atoms with E-state index in [4.69, 9.17) is 5.73 Å². The summed E-state index contributed by atoms with van der Waals surface area (Å²) < 4.78 is 0.